The minimum Gasteiger partial charge on any atom is -0.489 e. The Bertz CT molecular complexity index is 639. The summed E-state index contributed by atoms with van der Waals surface area (Å²) in [7, 11) is 1.76. The number of rotatable bonds is 7. The molecule has 1 aromatic heterocycles. The van der Waals surface area contributed by atoms with Crippen LogP contribution in [0.15, 0.2) is 40.7 Å². The van der Waals surface area contributed by atoms with Crippen LogP contribution in [-0.2, 0) is 6.54 Å². The number of ether oxygens (including phenoxy) is 1. The van der Waals surface area contributed by atoms with Gasteiger partial charge in [0.25, 0.3) is 0 Å². The molecule has 2 rings (SSSR count). The van der Waals surface area contributed by atoms with Gasteiger partial charge in [-0.25, -0.2) is 4.98 Å². The molecule has 6 heteroatoms. The van der Waals surface area contributed by atoms with Crippen LogP contribution in [0.3, 0.4) is 0 Å². The summed E-state index contributed by atoms with van der Waals surface area (Å²) in [6, 6.07) is 9.83. The fourth-order valence-electron chi connectivity index (χ4n) is 2.06. The molecule has 1 atom stereocenters. The Morgan fingerprint density at radius 2 is 1.96 bits per heavy atom. The molecule has 0 fully saturated rings. The molecule has 0 saturated heterocycles. The molecule has 5 nitrogen and oxygen atoms in total. The van der Waals surface area contributed by atoms with Gasteiger partial charge in [-0.1, -0.05) is 32.0 Å². The Labute approximate surface area is 148 Å². The van der Waals surface area contributed by atoms with Crippen LogP contribution in [0.1, 0.15) is 37.4 Å². The number of guanidine groups is 1. The highest BCUT2D eigenvalue weighted by atomic mass is 32.1. The van der Waals surface area contributed by atoms with Crippen molar-refractivity contribution < 1.29 is 4.74 Å². The molecular weight excluding hydrogens is 320 g/mol. The van der Waals surface area contributed by atoms with Crippen LogP contribution in [0.2, 0.25) is 0 Å². The van der Waals surface area contributed by atoms with Crippen molar-refractivity contribution in [1.29, 1.82) is 0 Å². The molecule has 0 amide bonds. The zero-order chi connectivity index (χ0) is 17.4. The molecule has 2 aromatic rings. The summed E-state index contributed by atoms with van der Waals surface area (Å²) in [6.07, 6.45) is 0.0401. The van der Waals surface area contributed by atoms with Crippen molar-refractivity contribution >= 4 is 17.3 Å². The summed E-state index contributed by atoms with van der Waals surface area (Å²) < 4.78 is 5.85. The van der Waals surface area contributed by atoms with Gasteiger partial charge in [0.05, 0.1) is 18.8 Å². The molecule has 0 radical (unpaired) electrons. The summed E-state index contributed by atoms with van der Waals surface area (Å²) in [4.78, 5) is 8.86. The van der Waals surface area contributed by atoms with E-state index in [1.807, 2.05) is 37.3 Å². The van der Waals surface area contributed by atoms with Crippen LogP contribution in [0.4, 0.5) is 0 Å². The van der Waals surface area contributed by atoms with E-state index in [1.165, 1.54) is 0 Å². The highest BCUT2D eigenvalue weighted by Crippen LogP contribution is 2.17. The molecule has 0 bridgehead atoms. The first-order valence-corrected chi connectivity index (χ1v) is 9.07. The van der Waals surface area contributed by atoms with E-state index >= 15 is 0 Å². The molecule has 2 N–H and O–H groups in total. The smallest absolute Gasteiger partial charge is 0.191 e. The maximum Gasteiger partial charge on any atom is 0.191 e. The van der Waals surface area contributed by atoms with E-state index in [-0.39, 0.29) is 6.10 Å². The molecule has 24 heavy (non-hydrogen) atoms. The molecule has 0 aliphatic carbocycles. The third-order valence-corrected chi connectivity index (χ3v) is 4.30. The highest BCUT2D eigenvalue weighted by Gasteiger charge is 2.08. The maximum atomic E-state index is 5.85. The minimum atomic E-state index is 0.0401. The van der Waals surface area contributed by atoms with Crippen LogP contribution in [-0.4, -0.2) is 30.6 Å². The second-order valence-electron chi connectivity index (χ2n) is 5.87. The summed E-state index contributed by atoms with van der Waals surface area (Å²) >= 11 is 1.68. The normalized spacial score (nSPS) is 13.0. The van der Waals surface area contributed by atoms with E-state index in [9.17, 15) is 0 Å². The standard InChI is InChI=1S/C18H26N4OS/c1-13(2)16-12-24-17(22-16)11-21-18(19-4)20-10-14(3)23-15-8-6-5-7-9-15/h5-9,12-14H,10-11H2,1-4H3,(H2,19,20,21). The number of aromatic nitrogens is 1. The zero-order valence-electron chi connectivity index (χ0n) is 14.7. The van der Waals surface area contributed by atoms with Crippen molar-refractivity contribution in [2.24, 2.45) is 4.99 Å². The van der Waals surface area contributed by atoms with Gasteiger partial charge in [0, 0.05) is 12.4 Å². The molecule has 0 spiro atoms. The van der Waals surface area contributed by atoms with Crippen molar-refractivity contribution in [3.05, 3.63) is 46.4 Å². The Hall–Kier alpha value is -2.08. The van der Waals surface area contributed by atoms with E-state index in [2.05, 4.69) is 39.8 Å². The largest absolute Gasteiger partial charge is 0.489 e. The van der Waals surface area contributed by atoms with Crippen LogP contribution in [0, 0.1) is 0 Å². The molecule has 0 aliphatic heterocycles. The van der Waals surface area contributed by atoms with Gasteiger partial charge in [-0.05, 0) is 25.0 Å². The summed E-state index contributed by atoms with van der Waals surface area (Å²) in [6.45, 7) is 7.68. The van der Waals surface area contributed by atoms with Gasteiger partial charge in [0.2, 0.25) is 0 Å². The van der Waals surface area contributed by atoms with E-state index in [4.69, 9.17) is 4.74 Å². The number of benzene rings is 1. The molecule has 130 valence electrons. The fraction of sp³-hybridized carbons (Fsp3) is 0.444. The SMILES string of the molecule is CN=C(NCc1nc(C(C)C)cs1)NCC(C)Oc1ccccc1. The fourth-order valence-corrected chi connectivity index (χ4v) is 2.96. The molecule has 0 saturated carbocycles. The first kappa shape index (κ1) is 18.3. The van der Waals surface area contributed by atoms with Gasteiger partial charge in [-0.3, -0.25) is 4.99 Å². The van der Waals surface area contributed by atoms with Crippen LogP contribution in [0.5, 0.6) is 5.75 Å². The Balaban J connectivity index is 1.75. The lowest BCUT2D eigenvalue weighted by Crippen LogP contribution is -2.41. The number of thiazole rings is 1. The predicted octanol–water partition coefficient (Wildman–Crippen LogP) is 3.40. The van der Waals surface area contributed by atoms with Crippen molar-refractivity contribution in [2.45, 2.75) is 39.3 Å². The van der Waals surface area contributed by atoms with Gasteiger partial charge in [-0.15, -0.1) is 11.3 Å². The highest BCUT2D eigenvalue weighted by molar-refractivity contribution is 7.09. The van der Waals surface area contributed by atoms with Crippen molar-refractivity contribution in [2.75, 3.05) is 13.6 Å². The van der Waals surface area contributed by atoms with Crippen molar-refractivity contribution in [3.63, 3.8) is 0 Å². The van der Waals surface area contributed by atoms with Crippen LogP contribution >= 0.6 is 11.3 Å². The first-order chi connectivity index (χ1) is 11.6. The van der Waals surface area contributed by atoms with Crippen LogP contribution < -0.4 is 15.4 Å². The molecular formula is C18H26N4OS. The lowest BCUT2D eigenvalue weighted by Gasteiger charge is -2.17. The maximum absolute atomic E-state index is 5.85. The van der Waals surface area contributed by atoms with E-state index in [1.54, 1.807) is 18.4 Å². The van der Waals surface area contributed by atoms with Gasteiger partial charge in [-0.2, -0.15) is 0 Å². The quantitative estimate of drug-likeness (QED) is 0.596. The summed E-state index contributed by atoms with van der Waals surface area (Å²) in [5.41, 5.74) is 1.14. The third-order valence-electron chi connectivity index (χ3n) is 3.43. The summed E-state index contributed by atoms with van der Waals surface area (Å²) in [5, 5.41) is 9.75. The second-order valence-corrected chi connectivity index (χ2v) is 6.81. The van der Waals surface area contributed by atoms with Gasteiger partial charge < -0.3 is 15.4 Å². The number of nitrogens with one attached hydrogen (secondary N) is 2. The Morgan fingerprint density at radius 3 is 2.58 bits per heavy atom. The Kier molecular flexibility index (Phi) is 7.06. The average molecular weight is 347 g/mol. The first-order valence-electron chi connectivity index (χ1n) is 8.19. The third kappa shape index (κ3) is 5.85. The van der Waals surface area contributed by atoms with Gasteiger partial charge in [0.1, 0.15) is 16.9 Å². The zero-order valence-corrected chi connectivity index (χ0v) is 15.6. The lowest BCUT2D eigenvalue weighted by molar-refractivity contribution is 0.224. The van der Waals surface area contributed by atoms with E-state index in [0.717, 1.165) is 22.4 Å². The molecule has 1 aromatic carbocycles. The van der Waals surface area contributed by atoms with E-state index in [0.29, 0.717) is 19.0 Å². The molecule has 1 heterocycles. The lowest BCUT2D eigenvalue weighted by atomic mass is 10.2. The monoisotopic (exact) mass is 346 g/mol. The van der Waals surface area contributed by atoms with Crippen molar-refractivity contribution in [3.8, 4) is 5.75 Å². The minimum absolute atomic E-state index is 0.0401. The number of hydrogen-bond acceptors (Lipinski definition) is 4. The Morgan fingerprint density at radius 1 is 1.21 bits per heavy atom. The topological polar surface area (TPSA) is 58.5 Å². The van der Waals surface area contributed by atoms with Gasteiger partial charge >= 0.3 is 0 Å². The molecule has 0 aliphatic rings. The number of nitrogens with zero attached hydrogens (tertiary/aromatic N) is 2. The predicted molar refractivity (Wildman–Crippen MR) is 101 cm³/mol. The van der Waals surface area contributed by atoms with E-state index < -0.39 is 0 Å². The number of hydrogen-bond donors (Lipinski definition) is 2. The average Bonchev–Trinajstić information content (AvgIpc) is 3.05. The van der Waals surface area contributed by atoms with Crippen LogP contribution in [0.25, 0.3) is 0 Å². The second kappa shape index (κ2) is 9.27. The molecule has 1 unspecified atom stereocenters. The van der Waals surface area contributed by atoms with Crippen molar-refractivity contribution in [1.82, 2.24) is 15.6 Å². The summed E-state index contributed by atoms with van der Waals surface area (Å²) in [5.74, 6) is 2.09. The van der Waals surface area contributed by atoms with Gasteiger partial charge in [0.15, 0.2) is 5.96 Å². The number of aliphatic imine (C=N–C) groups is 1. The number of para-hydroxylation sites is 1.